The third kappa shape index (κ3) is 10.8. The van der Waals surface area contributed by atoms with Crippen molar-refractivity contribution < 1.29 is 24.3 Å². The van der Waals surface area contributed by atoms with E-state index in [0.717, 1.165) is 0 Å². The van der Waals surface area contributed by atoms with Crippen molar-refractivity contribution in [2.24, 2.45) is 33.8 Å². The van der Waals surface area contributed by atoms with Crippen LogP contribution in [0.3, 0.4) is 0 Å². The topological polar surface area (TPSA) is 232 Å². The number of unbranched alkanes of at least 4 members (excludes halogenated alkanes) is 1. The Hall–Kier alpha value is -2.93. The monoisotopic (exact) mass is 512 g/mol. The predicted octanol–water partition coefficient (Wildman–Crippen LogP) is -1.41. The van der Waals surface area contributed by atoms with Crippen LogP contribution in [0.2, 0.25) is 0 Å². The lowest BCUT2D eigenvalue weighted by molar-refractivity contribution is -0.143. The minimum atomic E-state index is -1.17. The van der Waals surface area contributed by atoms with E-state index in [1.165, 1.54) is 4.90 Å². The van der Waals surface area contributed by atoms with Crippen LogP contribution < -0.4 is 33.6 Å². The number of carboxylic acids is 1. The van der Waals surface area contributed by atoms with Gasteiger partial charge in [-0.15, -0.1) is 0 Å². The SMILES string of the molecule is CC(C)CC(N)C(=O)N1CCCC1C(=O)NC(CCCN=C(N)N)C(=O)NC(CCCCN)C(=O)O. The summed E-state index contributed by atoms with van der Waals surface area (Å²) in [4.78, 5) is 56.0. The van der Waals surface area contributed by atoms with Gasteiger partial charge in [-0.2, -0.15) is 0 Å². The van der Waals surface area contributed by atoms with Gasteiger partial charge in [-0.3, -0.25) is 19.4 Å². The molecular formula is C23H44N8O5. The number of carboxylic acid groups (broad SMARTS) is 1. The van der Waals surface area contributed by atoms with Crippen molar-refractivity contribution in [3.63, 3.8) is 0 Å². The van der Waals surface area contributed by atoms with Crippen LogP contribution in [-0.2, 0) is 19.2 Å². The van der Waals surface area contributed by atoms with Gasteiger partial charge in [0.1, 0.15) is 18.1 Å². The van der Waals surface area contributed by atoms with Crippen LogP contribution in [0.25, 0.3) is 0 Å². The molecular weight excluding hydrogens is 468 g/mol. The van der Waals surface area contributed by atoms with Gasteiger partial charge in [0.15, 0.2) is 5.96 Å². The molecule has 0 bridgehead atoms. The summed E-state index contributed by atoms with van der Waals surface area (Å²) < 4.78 is 0. The van der Waals surface area contributed by atoms with E-state index in [-0.39, 0.29) is 37.2 Å². The first kappa shape index (κ1) is 31.1. The lowest BCUT2D eigenvalue weighted by atomic mass is 10.0. The maximum atomic E-state index is 13.2. The van der Waals surface area contributed by atoms with Crippen LogP contribution in [-0.4, -0.2) is 83.5 Å². The molecule has 3 amide bonds. The molecule has 0 radical (unpaired) electrons. The number of nitrogens with two attached hydrogens (primary N) is 4. The van der Waals surface area contributed by atoms with Crippen molar-refractivity contribution in [2.75, 3.05) is 19.6 Å². The average Bonchev–Trinajstić information content (AvgIpc) is 3.29. The molecule has 36 heavy (non-hydrogen) atoms. The summed E-state index contributed by atoms with van der Waals surface area (Å²) in [5.41, 5.74) is 22.2. The molecule has 0 saturated carbocycles. The zero-order valence-electron chi connectivity index (χ0n) is 21.4. The third-order valence-electron chi connectivity index (χ3n) is 6.02. The molecule has 206 valence electrons. The lowest BCUT2D eigenvalue weighted by Gasteiger charge is -2.29. The first-order chi connectivity index (χ1) is 17.0. The fraction of sp³-hybridized carbons (Fsp3) is 0.783. The van der Waals surface area contributed by atoms with E-state index >= 15 is 0 Å². The van der Waals surface area contributed by atoms with Crippen LogP contribution in [0, 0.1) is 5.92 Å². The molecule has 1 heterocycles. The van der Waals surface area contributed by atoms with E-state index in [0.29, 0.717) is 51.6 Å². The average molecular weight is 513 g/mol. The molecule has 4 atom stereocenters. The standard InChI is InChI=1S/C23H44N8O5/c1-14(2)13-15(25)21(34)31-12-6-9-18(31)20(33)29-16(8-5-11-28-23(26)27)19(32)30-17(22(35)36)7-3-4-10-24/h14-18H,3-13,24-25H2,1-2H3,(H,29,33)(H,30,32)(H,35,36)(H4,26,27,28). The number of hydrogen-bond acceptors (Lipinski definition) is 7. The van der Waals surface area contributed by atoms with Crippen molar-refractivity contribution in [1.82, 2.24) is 15.5 Å². The number of guanidine groups is 1. The lowest BCUT2D eigenvalue weighted by Crippen LogP contribution is -2.56. The summed E-state index contributed by atoms with van der Waals surface area (Å²) in [7, 11) is 0. The molecule has 1 saturated heterocycles. The van der Waals surface area contributed by atoms with Gasteiger partial charge in [-0.25, -0.2) is 4.79 Å². The number of aliphatic carboxylic acids is 1. The van der Waals surface area contributed by atoms with E-state index in [2.05, 4.69) is 15.6 Å². The number of nitrogens with one attached hydrogen (secondary N) is 2. The summed E-state index contributed by atoms with van der Waals surface area (Å²) >= 11 is 0. The van der Waals surface area contributed by atoms with E-state index in [9.17, 15) is 24.3 Å². The highest BCUT2D eigenvalue weighted by Crippen LogP contribution is 2.20. The zero-order valence-corrected chi connectivity index (χ0v) is 21.4. The second-order valence-electron chi connectivity index (χ2n) is 9.62. The fourth-order valence-corrected chi connectivity index (χ4v) is 4.19. The number of rotatable bonds is 16. The zero-order chi connectivity index (χ0) is 27.3. The molecule has 1 fully saturated rings. The summed E-state index contributed by atoms with van der Waals surface area (Å²) in [6.45, 7) is 4.99. The number of carbonyl (C=O) groups excluding carboxylic acids is 3. The Morgan fingerprint density at radius 2 is 1.72 bits per heavy atom. The van der Waals surface area contributed by atoms with Crippen LogP contribution in [0.5, 0.6) is 0 Å². The molecule has 0 aliphatic carbocycles. The highest BCUT2D eigenvalue weighted by atomic mass is 16.4. The number of carbonyl (C=O) groups is 4. The van der Waals surface area contributed by atoms with Crippen LogP contribution >= 0.6 is 0 Å². The Kier molecular flexibility index (Phi) is 13.8. The normalized spacial score (nSPS) is 17.8. The summed E-state index contributed by atoms with van der Waals surface area (Å²) in [5, 5.41) is 14.7. The second-order valence-corrected chi connectivity index (χ2v) is 9.62. The van der Waals surface area contributed by atoms with E-state index in [4.69, 9.17) is 22.9 Å². The molecule has 13 heteroatoms. The Morgan fingerprint density at radius 3 is 2.31 bits per heavy atom. The highest BCUT2D eigenvalue weighted by Gasteiger charge is 2.38. The fourth-order valence-electron chi connectivity index (χ4n) is 4.19. The first-order valence-corrected chi connectivity index (χ1v) is 12.6. The van der Waals surface area contributed by atoms with Crippen molar-refractivity contribution in [2.45, 2.75) is 89.4 Å². The largest absolute Gasteiger partial charge is 0.480 e. The van der Waals surface area contributed by atoms with Crippen molar-refractivity contribution in [1.29, 1.82) is 0 Å². The highest BCUT2D eigenvalue weighted by molar-refractivity contribution is 5.94. The molecule has 0 spiro atoms. The molecule has 4 unspecified atom stereocenters. The van der Waals surface area contributed by atoms with Crippen molar-refractivity contribution in [3.8, 4) is 0 Å². The molecule has 1 aliphatic heterocycles. The first-order valence-electron chi connectivity index (χ1n) is 12.6. The Bertz CT molecular complexity index is 772. The quantitative estimate of drug-likeness (QED) is 0.0729. The number of amides is 3. The number of likely N-dealkylation sites (tertiary alicyclic amines) is 1. The van der Waals surface area contributed by atoms with Gasteiger partial charge in [0, 0.05) is 13.1 Å². The van der Waals surface area contributed by atoms with Gasteiger partial charge in [-0.05, 0) is 63.8 Å². The minimum absolute atomic E-state index is 0.0938. The minimum Gasteiger partial charge on any atom is -0.480 e. The second kappa shape index (κ2) is 15.9. The van der Waals surface area contributed by atoms with E-state index in [1.54, 1.807) is 0 Å². The van der Waals surface area contributed by atoms with Crippen LogP contribution in [0.4, 0.5) is 0 Å². The molecule has 1 rings (SSSR count). The molecule has 0 aromatic heterocycles. The Labute approximate surface area is 212 Å². The van der Waals surface area contributed by atoms with Crippen molar-refractivity contribution >= 4 is 29.7 Å². The van der Waals surface area contributed by atoms with Crippen molar-refractivity contribution in [3.05, 3.63) is 0 Å². The molecule has 1 aliphatic rings. The number of nitrogens with zero attached hydrogens (tertiary/aromatic N) is 2. The van der Waals surface area contributed by atoms with E-state index < -0.39 is 42.0 Å². The summed E-state index contributed by atoms with van der Waals surface area (Å²) in [6.07, 6.45) is 3.51. The van der Waals surface area contributed by atoms with Gasteiger partial charge in [0.2, 0.25) is 17.7 Å². The van der Waals surface area contributed by atoms with Gasteiger partial charge >= 0.3 is 5.97 Å². The Balaban J connectivity index is 2.94. The smallest absolute Gasteiger partial charge is 0.326 e. The van der Waals surface area contributed by atoms with Crippen LogP contribution in [0.1, 0.15) is 65.2 Å². The van der Waals surface area contributed by atoms with Crippen LogP contribution in [0.15, 0.2) is 4.99 Å². The molecule has 0 aromatic rings. The maximum absolute atomic E-state index is 13.2. The summed E-state index contributed by atoms with van der Waals surface area (Å²) in [6, 6.07) is -3.59. The molecule has 11 N–H and O–H groups in total. The number of hydrogen-bond donors (Lipinski definition) is 7. The van der Waals surface area contributed by atoms with Gasteiger partial charge in [0.25, 0.3) is 0 Å². The van der Waals surface area contributed by atoms with E-state index in [1.807, 2.05) is 13.8 Å². The number of aliphatic imine (C=N–C) groups is 1. The molecule has 0 aromatic carbocycles. The summed E-state index contributed by atoms with van der Waals surface area (Å²) in [5.74, 6) is -2.43. The van der Waals surface area contributed by atoms with Gasteiger partial charge < -0.3 is 43.6 Å². The Morgan fingerprint density at radius 1 is 1.06 bits per heavy atom. The maximum Gasteiger partial charge on any atom is 0.326 e. The van der Waals surface area contributed by atoms with Gasteiger partial charge in [-0.1, -0.05) is 13.8 Å². The molecule has 13 nitrogen and oxygen atoms in total. The predicted molar refractivity (Wildman–Crippen MR) is 136 cm³/mol. The van der Waals surface area contributed by atoms with Gasteiger partial charge in [0.05, 0.1) is 6.04 Å². The third-order valence-corrected chi connectivity index (χ3v) is 6.02.